The molecule has 0 saturated heterocycles. The molecule has 21 heavy (non-hydrogen) atoms. The third-order valence-corrected chi connectivity index (χ3v) is 4.87. The van der Waals surface area contributed by atoms with Crippen molar-refractivity contribution < 1.29 is 4.79 Å². The molecule has 1 rings (SSSR count). The number of aldehydes is 1. The minimum Gasteiger partial charge on any atom is -0.298 e. The van der Waals surface area contributed by atoms with Crippen molar-refractivity contribution in [2.45, 2.75) is 91.4 Å². The number of hydrogen-bond donors (Lipinski definition) is 0. The zero-order chi connectivity index (χ0) is 15.6. The molecule has 0 aromatic heterocycles. The Morgan fingerprint density at radius 2 is 1.67 bits per heavy atom. The van der Waals surface area contributed by atoms with Gasteiger partial charge in [0.1, 0.15) is 6.29 Å². The summed E-state index contributed by atoms with van der Waals surface area (Å²) in [5.74, 6) is 0. The van der Waals surface area contributed by atoms with Crippen molar-refractivity contribution in [2.24, 2.45) is 5.41 Å². The molecule has 1 heteroatoms. The van der Waals surface area contributed by atoms with Crippen molar-refractivity contribution in [1.29, 1.82) is 0 Å². The second kappa shape index (κ2) is 9.97. The summed E-state index contributed by atoms with van der Waals surface area (Å²) >= 11 is 0. The van der Waals surface area contributed by atoms with Crippen molar-refractivity contribution in [3.8, 4) is 0 Å². The zero-order valence-electron chi connectivity index (χ0n) is 14.4. The molecule has 1 aliphatic rings. The van der Waals surface area contributed by atoms with Crippen molar-refractivity contribution in [3.63, 3.8) is 0 Å². The minimum atomic E-state index is 0.0876. The molecule has 1 nitrogen and oxygen atoms in total. The van der Waals surface area contributed by atoms with E-state index in [1.807, 2.05) is 0 Å². The fourth-order valence-electron chi connectivity index (χ4n) is 3.38. The van der Waals surface area contributed by atoms with E-state index in [-0.39, 0.29) is 5.41 Å². The normalized spacial score (nSPS) is 21.9. The highest BCUT2D eigenvalue weighted by molar-refractivity contribution is 5.76. The third-order valence-electron chi connectivity index (χ3n) is 4.87. The Balaban J connectivity index is 2.53. The maximum Gasteiger partial charge on any atom is 0.146 e. The van der Waals surface area contributed by atoms with Gasteiger partial charge in [-0.25, -0.2) is 0 Å². The van der Waals surface area contributed by atoms with Crippen LogP contribution in [-0.4, -0.2) is 6.29 Å². The molecule has 1 atom stereocenters. The molecule has 0 fully saturated rings. The summed E-state index contributed by atoms with van der Waals surface area (Å²) in [5.41, 5.74) is 2.65. The quantitative estimate of drug-likeness (QED) is 0.318. The summed E-state index contributed by atoms with van der Waals surface area (Å²) in [6, 6.07) is 0. The first-order valence-corrected chi connectivity index (χ1v) is 9.01. The Kier molecular flexibility index (Phi) is 8.64. The summed E-state index contributed by atoms with van der Waals surface area (Å²) in [5, 5.41) is 0. The van der Waals surface area contributed by atoms with E-state index in [2.05, 4.69) is 32.9 Å². The predicted octanol–water partition coefficient (Wildman–Crippen LogP) is 6.39. The van der Waals surface area contributed by atoms with Crippen LogP contribution in [0.25, 0.3) is 0 Å². The summed E-state index contributed by atoms with van der Waals surface area (Å²) < 4.78 is 0. The lowest BCUT2D eigenvalue weighted by Gasteiger charge is -2.34. The molecular weight excluding hydrogens is 256 g/mol. The van der Waals surface area contributed by atoms with Gasteiger partial charge in [-0.15, -0.1) is 0 Å². The van der Waals surface area contributed by atoms with Crippen molar-refractivity contribution in [2.75, 3.05) is 0 Å². The van der Waals surface area contributed by atoms with Crippen LogP contribution in [0.3, 0.4) is 0 Å². The number of unbranched alkanes of at least 4 members (excludes halogenated alkanes) is 6. The van der Waals surface area contributed by atoms with Crippen LogP contribution in [0.4, 0.5) is 0 Å². The van der Waals surface area contributed by atoms with E-state index in [9.17, 15) is 4.79 Å². The van der Waals surface area contributed by atoms with Crippen LogP contribution >= 0.6 is 0 Å². The first-order chi connectivity index (χ1) is 10.2. The summed E-state index contributed by atoms with van der Waals surface area (Å²) in [4.78, 5) is 11.4. The molecule has 0 N–H and O–H groups in total. The topological polar surface area (TPSA) is 17.1 Å². The van der Waals surface area contributed by atoms with Crippen molar-refractivity contribution in [1.82, 2.24) is 0 Å². The van der Waals surface area contributed by atoms with Gasteiger partial charge in [0.25, 0.3) is 0 Å². The lowest BCUT2D eigenvalue weighted by Crippen LogP contribution is -2.23. The molecule has 120 valence electrons. The number of rotatable bonds is 11. The first kappa shape index (κ1) is 18.2. The largest absolute Gasteiger partial charge is 0.298 e. The molecule has 0 radical (unpaired) electrons. The lowest BCUT2D eigenvalue weighted by atomic mass is 9.70. The van der Waals surface area contributed by atoms with E-state index >= 15 is 0 Å². The zero-order valence-corrected chi connectivity index (χ0v) is 14.4. The number of allylic oxidation sites excluding steroid dienone is 4. The third kappa shape index (κ3) is 6.20. The molecule has 0 amide bonds. The predicted molar refractivity (Wildman–Crippen MR) is 92.5 cm³/mol. The van der Waals surface area contributed by atoms with Gasteiger partial charge in [-0.3, -0.25) is 4.79 Å². The summed E-state index contributed by atoms with van der Waals surface area (Å²) in [6.45, 7) is 6.79. The van der Waals surface area contributed by atoms with Gasteiger partial charge in [-0.1, -0.05) is 83.4 Å². The lowest BCUT2D eigenvalue weighted by molar-refractivity contribution is -0.105. The highest BCUT2D eigenvalue weighted by atomic mass is 16.1. The Morgan fingerprint density at radius 3 is 2.29 bits per heavy atom. The molecule has 0 aromatic rings. The Labute approximate surface area is 131 Å². The maximum atomic E-state index is 11.4. The molecule has 1 aliphatic carbocycles. The van der Waals surface area contributed by atoms with Crippen molar-refractivity contribution in [3.05, 3.63) is 23.3 Å². The van der Waals surface area contributed by atoms with Crippen LogP contribution in [0.15, 0.2) is 23.3 Å². The van der Waals surface area contributed by atoms with Gasteiger partial charge in [0.05, 0.1) is 0 Å². The van der Waals surface area contributed by atoms with Crippen LogP contribution in [0.5, 0.6) is 0 Å². The fraction of sp³-hybridized carbons (Fsp3) is 0.750. The van der Waals surface area contributed by atoms with E-state index in [0.717, 1.165) is 24.7 Å². The van der Waals surface area contributed by atoms with E-state index in [0.29, 0.717) is 0 Å². The molecule has 0 bridgehead atoms. The van der Waals surface area contributed by atoms with Crippen LogP contribution in [0, 0.1) is 5.41 Å². The highest BCUT2D eigenvalue weighted by Crippen LogP contribution is 2.42. The average Bonchev–Trinajstić information content (AvgIpc) is 2.48. The van der Waals surface area contributed by atoms with Crippen LogP contribution in [0.2, 0.25) is 0 Å². The fourth-order valence-corrected chi connectivity index (χ4v) is 3.38. The number of hydrogen-bond acceptors (Lipinski definition) is 1. The van der Waals surface area contributed by atoms with Gasteiger partial charge >= 0.3 is 0 Å². The van der Waals surface area contributed by atoms with E-state index < -0.39 is 0 Å². The van der Waals surface area contributed by atoms with E-state index in [1.54, 1.807) is 5.57 Å². The standard InChI is InChI=1S/C20H34O/c1-4-6-8-10-12-18-13-14-19(17-21)20(3,16-18)15-11-9-7-5-2/h13-14,17H,4-12,15-16H2,1-3H3. The first-order valence-electron chi connectivity index (χ1n) is 9.01. The smallest absolute Gasteiger partial charge is 0.146 e. The van der Waals surface area contributed by atoms with E-state index in [4.69, 9.17) is 0 Å². The molecule has 0 aromatic carbocycles. The number of carbonyl (C=O) groups is 1. The molecule has 0 aliphatic heterocycles. The monoisotopic (exact) mass is 290 g/mol. The number of carbonyl (C=O) groups excluding carboxylic acids is 1. The molecule has 0 spiro atoms. The Morgan fingerprint density at radius 1 is 1.00 bits per heavy atom. The molecule has 1 unspecified atom stereocenters. The van der Waals surface area contributed by atoms with Crippen LogP contribution < -0.4 is 0 Å². The maximum absolute atomic E-state index is 11.4. The van der Waals surface area contributed by atoms with Crippen LogP contribution in [0.1, 0.15) is 91.4 Å². The van der Waals surface area contributed by atoms with Gasteiger partial charge in [0.15, 0.2) is 0 Å². The van der Waals surface area contributed by atoms with Crippen LogP contribution in [-0.2, 0) is 4.79 Å². The van der Waals surface area contributed by atoms with Gasteiger partial charge in [-0.2, -0.15) is 0 Å². The SMILES string of the molecule is CCCCCCC1=CC=C(C=O)C(C)(CCCCCC)C1. The Bertz CT molecular complexity index is 364. The average molecular weight is 290 g/mol. The molecule has 0 heterocycles. The van der Waals surface area contributed by atoms with Gasteiger partial charge < -0.3 is 0 Å². The van der Waals surface area contributed by atoms with Crippen molar-refractivity contribution >= 4 is 6.29 Å². The second-order valence-electron chi connectivity index (χ2n) is 6.92. The molecule has 0 saturated carbocycles. The molecular formula is C20H34O. The second-order valence-corrected chi connectivity index (χ2v) is 6.92. The van der Waals surface area contributed by atoms with Gasteiger partial charge in [0.2, 0.25) is 0 Å². The van der Waals surface area contributed by atoms with Gasteiger partial charge in [0, 0.05) is 0 Å². The summed E-state index contributed by atoms with van der Waals surface area (Å²) in [7, 11) is 0. The highest BCUT2D eigenvalue weighted by Gasteiger charge is 2.31. The minimum absolute atomic E-state index is 0.0876. The van der Waals surface area contributed by atoms with Gasteiger partial charge in [-0.05, 0) is 36.7 Å². The Hall–Kier alpha value is -0.850. The summed E-state index contributed by atoms with van der Waals surface area (Å²) in [6.07, 6.45) is 19.3. The van der Waals surface area contributed by atoms with E-state index in [1.165, 1.54) is 57.8 Å².